The fourth-order valence-electron chi connectivity index (χ4n) is 2.19. The highest BCUT2D eigenvalue weighted by atomic mass is 16.4. The van der Waals surface area contributed by atoms with Gasteiger partial charge in [0.1, 0.15) is 6.54 Å². The van der Waals surface area contributed by atoms with Crippen LogP contribution in [-0.4, -0.2) is 53.6 Å². The third kappa shape index (κ3) is 5.15. The minimum absolute atomic E-state index is 0.195. The zero-order valence-electron chi connectivity index (χ0n) is 11.1. The molecule has 7 heteroatoms. The molecule has 1 fully saturated rings. The number of rotatable bonds is 5. The normalized spacial score (nSPS) is 18.8. The van der Waals surface area contributed by atoms with Crippen molar-refractivity contribution in [3.05, 3.63) is 0 Å². The Morgan fingerprint density at radius 1 is 1.21 bits per heavy atom. The molecule has 1 saturated heterocycles. The zero-order valence-corrected chi connectivity index (χ0v) is 11.1. The van der Waals surface area contributed by atoms with Gasteiger partial charge in [0.15, 0.2) is 0 Å². The molecule has 0 radical (unpaired) electrons. The van der Waals surface area contributed by atoms with E-state index < -0.39 is 18.4 Å². The molecule has 0 aromatic carbocycles. The van der Waals surface area contributed by atoms with Gasteiger partial charge in [0.2, 0.25) is 5.91 Å². The lowest BCUT2D eigenvalue weighted by Crippen LogP contribution is -2.50. The highest BCUT2D eigenvalue weighted by Gasteiger charge is 2.25. The number of likely N-dealkylation sites (tertiary alicyclic amines) is 1. The molecule has 7 nitrogen and oxygen atoms in total. The van der Waals surface area contributed by atoms with Gasteiger partial charge in [0, 0.05) is 12.6 Å². The number of nitrogens with one attached hydrogen (secondary N) is 2. The molecular formula is C12H21N3O4. The Morgan fingerprint density at radius 2 is 1.95 bits per heavy atom. The number of amides is 3. The summed E-state index contributed by atoms with van der Waals surface area (Å²) >= 11 is 0. The Bertz CT molecular complexity index is 346. The molecule has 3 amide bonds. The Kier molecular flexibility index (Phi) is 6.11. The SMILES string of the molecule is CCC1CCCCN1C(=O)NCC(=O)NCC(=O)O. The van der Waals surface area contributed by atoms with E-state index >= 15 is 0 Å². The number of urea groups is 1. The number of hydrogen-bond donors (Lipinski definition) is 3. The molecule has 1 unspecified atom stereocenters. The van der Waals surface area contributed by atoms with Crippen LogP contribution in [0.4, 0.5) is 4.79 Å². The van der Waals surface area contributed by atoms with Crippen LogP contribution < -0.4 is 10.6 Å². The minimum atomic E-state index is -1.11. The van der Waals surface area contributed by atoms with Gasteiger partial charge in [-0.3, -0.25) is 9.59 Å². The van der Waals surface area contributed by atoms with E-state index in [0.717, 1.165) is 25.7 Å². The second-order valence-electron chi connectivity index (χ2n) is 4.58. The van der Waals surface area contributed by atoms with E-state index in [2.05, 4.69) is 10.6 Å². The molecule has 0 bridgehead atoms. The maximum atomic E-state index is 11.9. The lowest BCUT2D eigenvalue weighted by Gasteiger charge is -2.35. The third-order valence-electron chi connectivity index (χ3n) is 3.20. The van der Waals surface area contributed by atoms with Crippen molar-refractivity contribution in [3.63, 3.8) is 0 Å². The van der Waals surface area contributed by atoms with E-state index in [1.165, 1.54) is 0 Å². The van der Waals surface area contributed by atoms with E-state index in [9.17, 15) is 14.4 Å². The molecule has 1 aliphatic rings. The second kappa shape index (κ2) is 7.60. The fraction of sp³-hybridized carbons (Fsp3) is 0.750. The van der Waals surface area contributed by atoms with Crippen LogP contribution in [-0.2, 0) is 9.59 Å². The minimum Gasteiger partial charge on any atom is -0.480 e. The summed E-state index contributed by atoms with van der Waals surface area (Å²) < 4.78 is 0. The first-order chi connectivity index (χ1) is 9.04. The van der Waals surface area contributed by atoms with E-state index in [1.807, 2.05) is 6.92 Å². The Labute approximate surface area is 112 Å². The first-order valence-corrected chi connectivity index (χ1v) is 6.57. The summed E-state index contributed by atoms with van der Waals surface area (Å²) in [4.78, 5) is 35.2. The zero-order chi connectivity index (χ0) is 14.3. The van der Waals surface area contributed by atoms with Crippen LogP contribution in [0.3, 0.4) is 0 Å². The summed E-state index contributed by atoms with van der Waals surface area (Å²) in [7, 11) is 0. The van der Waals surface area contributed by atoms with Gasteiger partial charge in [-0.1, -0.05) is 6.92 Å². The summed E-state index contributed by atoms with van der Waals surface area (Å²) in [6, 6.07) is -0.0205. The van der Waals surface area contributed by atoms with Crippen molar-refractivity contribution in [3.8, 4) is 0 Å². The van der Waals surface area contributed by atoms with Crippen LogP contribution in [0, 0.1) is 0 Å². The van der Waals surface area contributed by atoms with Crippen molar-refractivity contribution in [2.75, 3.05) is 19.6 Å². The molecule has 108 valence electrons. The highest BCUT2D eigenvalue weighted by Crippen LogP contribution is 2.19. The van der Waals surface area contributed by atoms with Gasteiger partial charge in [0.25, 0.3) is 0 Å². The lowest BCUT2D eigenvalue weighted by atomic mass is 10.0. The van der Waals surface area contributed by atoms with Crippen LogP contribution in [0.5, 0.6) is 0 Å². The number of piperidine rings is 1. The van der Waals surface area contributed by atoms with Crippen LogP contribution in [0.1, 0.15) is 32.6 Å². The van der Waals surface area contributed by atoms with Gasteiger partial charge in [-0.2, -0.15) is 0 Å². The monoisotopic (exact) mass is 271 g/mol. The number of carboxylic acid groups (broad SMARTS) is 1. The van der Waals surface area contributed by atoms with Gasteiger partial charge in [-0.25, -0.2) is 4.79 Å². The van der Waals surface area contributed by atoms with E-state index in [1.54, 1.807) is 4.90 Å². The lowest BCUT2D eigenvalue weighted by molar-refractivity contribution is -0.137. The summed E-state index contributed by atoms with van der Waals surface area (Å²) in [5, 5.41) is 13.1. The van der Waals surface area contributed by atoms with Crippen LogP contribution in [0.2, 0.25) is 0 Å². The molecule has 0 aromatic heterocycles. The molecule has 0 spiro atoms. The Morgan fingerprint density at radius 3 is 2.58 bits per heavy atom. The van der Waals surface area contributed by atoms with Crippen molar-refractivity contribution < 1.29 is 19.5 Å². The number of carbonyl (C=O) groups is 3. The smallest absolute Gasteiger partial charge is 0.322 e. The van der Waals surface area contributed by atoms with Gasteiger partial charge in [-0.05, 0) is 25.7 Å². The third-order valence-corrected chi connectivity index (χ3v) is 3.20. The number of aliphatic carboxylic acids is 1. The molecule has 0 aliphatic carbocycles. The second-order valence-corrected chi connectivity index (χ2v) is 4.58. The molecule has 1 atom stereocenters. The summed E-state index contributed by atoms with van der Waals surface area (Å²) in [5.74, 6) is -1.61. The molecule has 19 heavy (non-hydrogen) atoms. The number of nitrogens with zero attached hydrogens (tertiary/aromatic N) is 1. The molecule has 0 aromatic rings. The van der Waals surface area contributed by atoms with E-state index in [-0.39, 0.29) is 18.6 Å². The Hall–Kier alpha value is -1.79. The van der Waals surface area contributed by atoms with Crippen molar-refractivity contribution in [2.24, 2.45) is 0 Å². The van der Waals surface area contributed by atoms with Gasteiger partial charge in [0.05, 0.1) is 6.54 Å². The average molecular weight is 271 g/mol. The molecule has 1 aliphatic heterocycles. The summed E-state index contributed by atoms with van der Waals surface area (Å²) in [6.07, 6.45) is 4.00. The van der Waals surface area contributed by atoms with Crippen molar-refractivity contribution in [1.29, 1.82) is 0 Å². The summed E-state index contributed by atoms with van der Waals surface area (Å²) in [6.45, 7) is 2.12. The average Bonchev–Trinajstić information content (AvgIpc) is 2.42. The van der Waals surface area contributed by atoms with Gasteiger partial charge >= 0.3 is 12.0 Å². The fourth-order valence-corrected chi connectivity index (χ4v) is 2.19. The van der Waals surface area contributed by atoms with Crippen molar-refractivity contribution in [2.45, 2.75) is 38.6 Å². The standard InChI is InChI=1S/C12H21N3O4/c1-2-9-5-3-4-6-15(9)12(19)14-7-10(16)13-8-11(17)18/h9H,2-8H2,1H3,(H,13,16)(H,14,19)(H,17,18). The van der Waals surface area contributed by atoms with Crippen molar-refractivity contribution >= 4 is 17.9 Å². The van der Waals surface area contributed by atoms with E-state index in [4.69, 9.17) is 5.11 Å². The highest BCUT2D eigenvalue weighted by molar-refractivity contribution is 5.86. The van der Waals surface area contributed by atoms with Crippen molar-refractivity contribution in [1.82, 2.24) is 15.5 Å². The number of carbonyl (C=O) groups excluding carboxylic acids is 2. The topological polar surface area (TPSA) is 98.7 Å². The number of carboxylic acids is 1. The van der Waals surface area contributed by atoms with Gasteiger partial charge in [-0.15, -0.1) is 0 Å². The first kappa shape index (κ1) is 15.3. The maximum Gasteiger partial charge on any atom is 0.322 e. The first-order valence-electron chi connectivity index (χ1n) is 6.57. The number of hydrogen-bond acceptors (Lipinski definition) is 3. The van der Waals surface area contributed by atoms with Crippen LogP contribution in [0.15, 0.2) is 0 Å². The summed E-state index contributed by atoms with van der Waals surface area (Å²) in [5.41, 5.74) is 0. The van der Waals surface area contributed by atoms with E-state index in [0.29, 0.717) is 6.54 Å². The maximum absolute atomic E-state index is 11.9. The molecule has 3 N–H and O–H groups in total. The van der Waals surface area contributed by atoms with Crippen LogP contribution in [0.25, 0.3) is 0 Å². The largest absolute Gasteiger partial charge is 0.480 e. The predicted octanol–water partition coefficient (Wildman–Crippen LogP) is 0.161. The molecule has 0 saturated carbocycles. The quantitative estimate of drug-likeness (QED) is 0.663. The Balaban J connectivity index is 2.33. The molecular weight excluding hydrogens is 250 g/mol. The van der Waals surface area contributed by atoms with Gasteiger partial charge < -0.3 is 20.6 Å². The predicted molar refractivity (Wildman–Crippen MR) is 68.7 cm³/mol. The molecule has 1 rings (SSSR count). The molecule has 1 heterocycles. The van der Waals surface area contributed by atoms with Crippen LogP contribution >= 0.6 is 0 Å².